The molecular formula is C34H54O5. The first kappa shape index (κ1) is 29.3. The lowest BCUT2D eigenvalue weighted by Gasteiger charge is -2.70. The second kappa shape index (κ2) is 9.41. The second-order valence-electron chi connectivity index (χ2n) is 16.0. The Morgan fingerprint density at radius 1 is 0.949 bits per heavy atom. The number of ether oxygens (including phenoxy) is 2. The number of fused-ring (bicyclic) bond motifs is 7. The minimum Gasteiger partial charge on any atom is -0.463 e. The van der Waals surface area contributed by atoms with Crippen LogP contribution in [0, 0.1) is 50.2 Å². The van der Waals surface area contributed by atoms with Crippen molar-refractivity contribution in [3.63, 3.8) is 0 Å². The van der Waals surface area contributed by atoms with Gasteiger partial charge in [0.1, 0.15) is 6.61 Å². The molecule has 0 unspecified atom stereocenters. The minimum absolute atomic E-state index is 0.0212. The van der Waals surface area contributed by atoms with Crippen molar-refractivity contribution in [2.24, 2.45) is 50.2 Å². The molecule has 1 N–H and O–H groups in total. The van der Waals surface area contributed by atoms with E-state index in [0.717, 1.165) is 57.8 Å². The fourth-order valence-corrected chi connectivity index (χ4v) is 10.9. The summed E-state index contributed by atoms with van der Waals surface area (Å²) in [6, 6.07) is 0. The Labute approximate surface area is 236 Å². The van der Waals surface area contributed by atoms with Crippen molar-refractivity contribution < 1.29 is 24.2 Å². The number of carbonyl (C=O) groups is 2. The first-order valence-electron chi connectivity index (χ1n) is 15.8. The molecule has 9 atom stereocenters. The topological polar surface area (TPSA) is 72.8 Å². The maximum Gasteiger partial charge on any atom is 0.311 e. The van der Waals surface area contributed by atoms with Gasteiger partial charge in [-0.15, -0.1) is 0 Å². The molecule has 0 aromatic heterocycles. The van der Waals surface area contributed by atoms with Gasteiger partial charge in [-0.2, -0.15) is 0 Å². The number of allylic oxidation sites excluding steroid dienone is 2. The quantitative estimate of drug-likeness (QED) is 0.302. The first-order chi connectivity index (χ1) is 18.1. The summed E-state index contributed by atoms with van der Waals surface area (Å²) in [5.41, 5.74) is 0.417. The molecule has 0 aromatic carbocycles. The van der Waals surface area contributed by atoms with Crippen molar-refractivity contribution in [3.8, 4) is 0 Å². The monoisotopic (exact) mass is 542 g/mol. The summed E-state index contributed by atoms with van der Waals surface area (Å²) in [4.78, 5) is 27.8. The highest BCUT2D eigenvalue weighted by Gasteiger charge is 2.70. The van der Waals surface area contributed by atoms with Crippen LogP contribution in [0.1, 0.15) is 113 Å². The smallest absolute Gasteiger partial charge is 0.311 e. The van der Waals surface area contributed by atoms with E-state index in [1.165, 1.54) is 5.57 Å². The summed E-state index contributed by atoms with van der Waals surface area (Å²) >= 11 is 0. The van der Waals surface area contributed by atoms with E-state index in [0.29, 0.717) is 31.5 Å². The van der Waals surface area contributed by atoms with Gasteiger partial charge in [-0.05, 0) is 117 Å². The predicted octanol–water partition coefficient (Wildman–Crippen LogP) is 6.91. The fourth-order valence-electron chi connectivity index (χ4n) is 10.9. The highest BCUT2D eigenvalue weighted by molar-refractivity contribution is 5.95. The van der Waals surface area contributed by atoms with Crippen LogP contribution in [-0.4, -0.2) is 42.8 Å². The van der Waals surface area contributed by atoms with Crippen molar-refractivity contribution in [2.45, 2.75) is 119 Å². The number of hydrogen-bond acceptors (Lipinski definition) is 5. The Morgan fingerprint density at radius 2 is 1.64 bits per heavy atom. The number of esters is 1. The van der Waals surface area contributed by atoms with Crippen LogP contribution in [0.4, 0.5) is 0 Å². The highest BCUT2D eigenvalue weighted by Crippen LogP contribution is 2.75. The summed E-state index contributed by atoms with van der Waals surface area (Å²) < 4.78 is 11.1. The normalized spacial score (nSPS) is 48.6. The lowest BCUT2D eigenvalue weighted by atomic mass is 9.33. The Hall–Kier alpha value is -1.20. The van der Waals surface area contributed by atoms with Crippen molar-refractivity contribution in [1.29, 1.82) is 0 Å². The van der Waals surface area contributed by atoms with E-state index in [-0.39, 0.29) is 51.0 Å². The van der Waals surface area contributed by atoms with E-state index < -0.39 is 5.41 Å². The van der Waals surface area contributed by atoms with Gasteiger partial charge < -0.3 is 14.6 Å². The van der Waals surface area contributed by atoms with E-state index in [1.54, 1.807) is 0 Å². The predicted molar refractivity (Wildman–Crippen MR) is 153 cm³/mol. The fraction of sp³-hybridized carbons (Fsp3) is 0.882. The molecule has 0 heterocycles. The minimum atomic E-state index is -0.538. The molecule has 4 saturated carbocycles. The number of aliphatic hydroxyl groups is 1. The van der Waals surface area contributed by atoms with E-state index in [2.05, 4.69) is 54.5 Å². The van der Waals surface area contributed by atoms with E-state index >= 15 is 0 Å². The molecule has 5 rings (SSSR count). The standard InChI is InChI=1S/C34H54O5/c1-9-38-18-19-39-28(37)31(5)15-14-30(4)16-17-33(7)22(23(30)21-31)20-24(35)27-32(6)12-11-26(36)29(2,3)25(32)10-13-34(27,33)8/h20,23,25-27,36H,9-19,21H2,1-8H3/t23-,25-,26-,27+,30+,31-,32-,33+,34+/m0/s1. The molecule has 5 aliphatic rings. The Morgan fingerprint density at radius 3 is 2.33 bits per heavy atom. The van der Waals surface area contributed by atoms with Gasteiger partial charge in [0.25, 0.3) is 0 Å². The third-order valence-electron chi connectivity index (χ3n) is 13.7. The molecule has 0 aliphatic heterocycles. The van der Waals surface area contributed by atoms with Crippen LogP contribution in [0.2, 0.25) is 0 Å². The molecule has 220 valence electrons. The zero-order valence-corrected chi connectivity index (χ0v) is 26.0. The lowest BCUT2D eigenvalue weighted by molar-refractivity contribution is -0.202. The van der Waals surface area contributed by atoms with Crippen molar-refractivity contribution >= 4 is 11.8 Å². The van der Waals surface area contributed by atoms with Crippen LogP contribution in [0.15, 0.2) is 11.6 Å². The molecule has 0 aromatic rings. The van der Waals surface area contributed by atoms with Crippen LogP contribution in [-0.2, 0) is 19.1 Å². The Balaban J connectivity index is 1.50. The van der Waals surface area contributed by atoms with E-state index in [4.69, 9.17) is 9.47 Å². The molecule has 5 nitrogen and oxygen atoms in total. The number of aliphatic hydroxyl groups excluding tert-OH is 1. The van der Waals surface area contributed by atoms with Gasteiger partial charge in [0.2, 0.25) is 0 Å². The summed E-state index contributed by atoms with van der Waals surface area (Å²) in [7, 11) is 0. The summed E-state index contributed by atoms with van der Waals surface area (Å²) in [6.07, 6.45) is 10.4. The van der Waals surface area contributed by atoms with Gasteiger partial charge in [0.05, 0.1) is 18.1 Å². The Kier molecular flexibility index (Phi) is 7.07. The van der Waals surface area contributed by atoms with Crippen LogP contribution in [0.3, 0.4) is 0 Å². The molecular weight excluding hydrogens is 488 g/mol. The van der Waals surface area contributed by atoms with Gasteiger partial charge in [-0.3, -0.25) is 9.59 Å². The van der Waals surface area contributed by atoms with Gasteiger partial charge in [-0.1, -0.05) is 47.1 Å². The summed E-state index contributed by atoms with van der Waals surface area (Å²) in [5, 5.41) is 10.9. The van der Waals surface area contributed by atoms with Gasteiger partial charge >= 0.3 is 5.97 Å². The van der Waals surface area contributed by atoms with E-state index in [1.807, 2.05) is 6.92 Å². The zero-order valence-electron chi connectivity index (χ0n) is 26.0. The molecule has 5 aliphatic carbocycles. The van der Waals surface area contributed by atoms with Crippen molar-refractivity contribution in [1.82, 2.24) is 0 Å². The second-order valence-corrected chi connectivity index (χ2v) is 16.0. The van der Waals surface area contributed by atoms with Gasteiger partial charge in [-0.25, -0.2) is 0 Å². The van der Waals surface area contributed by atoms with Gasteiger partial charge in [0, 0.05) is 12.5 Å². The molecule has 39 heavy (non-hydrogen) atoms. The molecule has 0 bridgehead atoms. The number of carbonyl (C=O) groups excluding carboxylic acids is 2. The van der Waals surface area contributed by atoms with Crippen LogP contribution in [0.25, 0.3) is 0 Å². The summed E-state index contributed by atoms with van der Waals surface area (Å²) in [6.45, 7) is 19.5. The number of ketones is 1. The molecule has 0 amide bonds. The molecule has 5 heteroatoms. The van der Waals surface area contributed by atoms with Crippen molar-refractivity contribution in [2.75, 3.05) is 19.8 Å². The van der Waals surface area contributed by atoms with E-state index in [9.17, 15) is 14.7 Å². The Bertz CT molecular complexity index is 1050. The summed E-state index contributed by atoms with van der Waals surface area (Å²) in [5.74, 6) is 0.727. The average Bonchev–Trinajstić information content (AvgIpc) is 2.86. The highest BCUT2D eigenvalue weighted by atomic mass is 16.6. The number of rotatable bonds is 5. The van der Waals surface area contributed by atoms with Crippen molar-refractivity contribution in [3.05, 3.63) is 11.6 Å². The van der Waals surface area contributed by atoms with Gasteiger partial charge in [0.15, 0.2) is 5.78 Å². The van der Waals surface area contributed by atoms with Crippen LogP contribution < -0.4 is 0 Å². The van der Waals surface area contributed by atoms with Crippen LogP contribution in [0.5, 0.6) is 0 Å². The third-order valence-corrected chi connectivity index (χ3v) is 13.7. The SMILES string of the molecule is CCOCCOC(=O)[C@@]1(C)CC[C@]2(C)CC[C@]3(C)C(=CC(=O)[C@@H]4[C@@]5(C)CC[C@H](O)C(C)(C)[C@@H]5CC[C@]43C)[C@@H]2C1. The molecule has 0 saturated heterocycles. The maximum absolute atomic E-state index is 14.4. The molecule has 4 fully saturated rings. The maximum atomic E-state index is 14.4. The number of hydrogen-bond donors (Lipinski definition) is 1. The van der Waals surface area contributed by atoms with Crippen LogP contribution >= 0.6 is 0 Å². The lowest BCUT2D eigenvalue weighted by Crippen LogP contribution is -2.66. The first-order valence-corrected chi connectivity index (χ1v) is 15.8. The average molecular weight is 543 g/mol. The molecule has 0 spiro atoms. The third kappa shape index (κ3) is 4.06. The zero-order chi connectivity index (χ0) is 28.6. The largest absolute Gasteiger partial charge is 0.463 e. The molecule has 0 radical (unpaired) electrons.